The minimum atomic E-state index is 0.638. The van der Waals surface area contributed by atoms with Crippen LogP contribution >= 0.6 is 11.8 Å². The van der Waals surface area contributed by atoms with Gasteiger partial charge in [-0.3, -0.25) is 0 Å². The molecule has 0 atom stereocenters. The molecular weight excluding hydrogens is 298 g/mol. The van der Waals surface area contributed by atoms with Gasteiger partial charge in [-0.25, -0.2) is 0 Å². The third kappa shape index (κ3) is 2.74. The second-order valence-electron chi connectivity index (χ2n) is 4.94. The second-order valence-corrected chi connectivity index (χ2v) is 5.88. The van der Waals surface area contributed by atoms with E-state index < -0.39 is 0 Å². The van der Waals surface area contributed by atoms with Gasteiger partial charge in [0.2, 0.25) is 0 Å². The molecule has 0 N–H and O–H groups in total. The first-order chi connectivity index (χ1) is 10.7. The summed E-state index contributed by atoms with van der Waals surface area (Å²) < 4.78 is 3.81. The van der Waals surface area contributed by atoms with E-state index in [0.29, 0.717) is 5.75 Å². The van der Waals surface area contributed by atoms with Gasteiger partial charge < -0.3 is 4.57 Å². The number of aromatic nitrogens is 7. The Kier molecular flexibility index (Phi) is 4.19. The van der Waals surface area contributed by atoms with Crippen molar-refractivity contribution >= 4 is 11.8 Å². The van der Waals surface area contributed by atoms with Gasteiger partial charge in [-0.1, -0.05) is 30.0 Å². The molecule has 0 aliphatic heterocycles. The first kappa shape index (κ1) is 14.7. The fourth-order valence-electron chi connectivity index (χ4n) is 2.31. The van der Waals surface area contributed by atoms with E-state index in [4.69, 9.17) is 0 Å². The van der Waals surface area contributed by atoms with Crippen molar-refractivity contribution in [2.45, 2.75) is 38.2 Å². The molecule has 8 heteroatoms. The molecule has 0 spiro atoms. The zero-order chi connectivity index (χ0) is 15.5. The summed E-state index contributed by atoms with van der Waals surface area (Å²) >= 11 is 1.58. The van der Waals surface area contributed by atoms with E-state index in [1.807, 2.05) is 15.3 Å². The molecule has 3 aromatic rings. The quantitative estimate of drug-likeness (QED) is 0.672. The summed E-state index contributed by atoms with van der Waals surface area (Å²) in [7, 11) is 0. The summed E-state index contributed by atoms with van der Waals surface area (Å²) in [5.41, 5.74) is 3.34. The predicted octanol–water partition coefficient (Wildman–Crippen LogP) is 2.18. The number of nitrogens with zero attached hydrogens (tertiary/aromatic N) is 7. The highest BCUT2D eigenvalue weighted by Gasteiger charge is 2.14. The van der Waals surface area contributed by atoms with Crippen LogP contribution in [0.5, 0.6) is 0 Å². The lowest BCUT2D eigenvalue weighted by Gasteiger charge is -2.10. The summed E-state index contributed by atoms with van der Waals surface area (Å²) in [6.45, 7) is 7.04. The van der Waals surface area contributed by atoms with Crippen LogP contribution in [0.25, 0.3) is 5.69 Å². The highest BCUT2D eigenvalue weighted by atomic mass is 32.2. The lowest BCUT2D eigenvalue weighted by Crippen LogP contribution is -2.06. The second kappa shape index (κ2) is 6.27. The van der Waals surface area contributed by atoms with E-state index in [9.17, 15) is 0 Å². The van der Waals surface area contributed by atoms with Gasteiger partial charge in [-0.05, 0) is 42.3 Å². The molecule has 22 heavy (non-hydrogen) atoms. The van der Waals surface area contributed by atoms with Gasteiger partial charge in [-0.2, -0.15) is 4.68 Å². The van der Waals surface area contributed by atoms with E-state index in [0.717, 1.165) is 34.3 Å². The molecule has 0 bridgehead atoms. The van der Waals surface area contributed by atoms with Crippen LogP contribution in [0, 0.1) is 13.8 Å². The van der Waals surface area contributed by atoms with Gasteiger partial charge in [0.25, 0.3) is 0 Å². The SMILES string of the molecule is CCn1cnnc1SCc1nnnn1-c1c(C)cccc1C. The minimum Gasteiger partial charge on any atom is -0.309 e. The first-order valence-electron chi connectivity index (χ1n) is 7.05. The fourth-order valence-corrected chi connectivity index (χ4v) is 3.20. The number of hydrogen-bond acceptors (Lipinski definition) is 6. The Balaban J connectivity index is 1.87. The number of benzene rings is 1. The van der Waals surface area contributed by atoms with Gasteiger partial charge in [-0.15, -0.1) is 15.3 Å². The smallest absolute Gasteiger partial charge is 0.191 e. The van der Waals surface area contributed by atoms with Crippen LogP contribution in [0.1, 0.15) is 23.9 Å². The Hall–Kier alpha value is -2.22. The Bertz CT molecular complexity index is 757. The molecule has 114 valence electrons. The van der Waals surface area contributed by atoms with Crippen LogP contribution in [-0.2, 0) is 12.3 Å². The van der Waals surface area contributed by atoms with Crippen LogP contribution < -0.4 is 0 Å². The van der Waals surface area contributed by atoms with Crippen molar-refractivity contribution in [1.29, 1.82) is 0 Å². The number of aryl methyl sites for hydroxylation is 3. The first-order valence-corrected chi connectivity index (χ1v) is 8.03. The average Bonchev–Trinajstić information content (AvgIpc) is 3.13. The van der Waals surface area contributed by atoms with E-state index in [1.165, 1.54) is 0 Å². The maximum Gasteiger partial charge on any atom is 0.191 e. The van der Waals surface area contributed by atoms with Crippen LogP contribution in [0.2, 0.25) is 0 Å². The van der Waals surface area contributed by atoms with Crippen LogP contribution in [0.4, 0.5) is 0 Å². The third-order valence-corrected chi connectivity index (χ3v) is 4.41. The molecule has 0 saturated heterocycles. The molecule has 2 heterocycles. The number of rotatable bonds is 5. The van der Waals surface area contributed by atoms with Crippen molar-refractivity contribution in [3.05, 3.63) is 41.5 Å². The highest BCUT2D eigenvalue weighted by molar-refractivity contribution is 7.98. The van der Waals surface area contributed by atoms with Gasteiger partial charge in [0, 0.05) is 6.54 Å². The van der Waals surface area contributed by atoms with E-state index in [-0.39, 0.29) is 0 Å². The predicted molar refractivity (Wildman–Crippen MR) is 83.9 cm³/mol. The molecule has 0 aliphatic rings. The third-order valence-electron chi connectivity index (χ3n) is 3.44. The molecule has 3 rings (SSSR count). The standard InChI is InChI=1S/C14H17N7S/c1-4-20-9-15-17-14(20)22-8-12-16-18-19-21(12)13-10(2)6-5-7-11(13)3/h5-7,9H,4,8H2,1-3H3. The molecule has 7 nitrogen and oxygen atoms in total. The van der Waals surface area contributed by atoms with Crippen molar-refractivity contribution < 1.29 is 0 Å². The van der Waals surface area contributed by atoms with E-state index in [1.54, 1.807) is 18.1 Å². The zero-order valence-corrected chi connectivity index (χ0v) is 13.6. The van der Waals surface area contributed by atoms with Crippen LogP contribution in [0.3, 0.4) is 0 Å². The molecule has 2 aromatic heterocycles. The van der Waals surface area contributed by atoms with Crippen molar-refractivity contribution in [3.63, 3.8) is 0 Å². The Morgan fingerprint density at radius 2 is 1.91 bits per heavy atom. The summed E-state index contributed by atoms with van der Waals surface area (Å²) in [6, 6.07) is 6.17. The Morgan fingerprint density at radius 1 is 1.14 bits per heavy atom. The largest absolute Gasteiger partial charge is 0.309 e. The number of thioether (sulfide) groups is 1. The number of hydrogen-bond donors (Lipinski definition) is 0. The lowest BCUT2D eigenvalue weighted by molar-refractivity contribution is 0.680. The molecule has 0 radical (unpaired) electrons. The lowest BCUT2D eigenvalue weighted by atomic mass is 10.1. The van der Waals surface area contributed by atoms with Gasteiger partial charge in [0.15, 0.2) is 11.0 Å². The zero-order valence-electron chi connectivity index (χ0n) is 12.8. The van der Waals surface area contributed by atoms with Crippen LogP contribution in [0.15, 0.2) is 29.7 Å². The highest BCUT2D eigenvalue weighted by Crippen LogP contribution is 2.23. The Morgan fingerprint density at radius 3 is 2.64 bits per heavy atom. The molecular formula is C14H17N7S. The molecule has 1 aromatic carbocycles. The number of para-hydroxylation sites is 1. The van der Waals surface area contributed by atoms with Crippen molar-refractivity contribution in [2.24, 2.45) is 0 Å². The van der Waals surface area contributed by atoms with E-state index >= 15 is 0 Å². The topological polar surface area (TPSA) is 74.3 Å². The van der Waals surface area contributed by atoms with Gasteiger partial charge in [0.1, 0.15) is 6.33 Å². The summed E-state index contributed by atoms with van der Waals surface area (Å²) in [4.78, 5) is 0. The summed E-state index contributed by atoms with van der Waals surface area (Å²) in [5, 5.41) is 21.1. The van der Waals surface area contributed by atoms with Crippen molar-refractivity contribution in [3.8, 4) is 5.69 Å². The molecule has 0 fully saturated rings. The maximum absolute atomic E-state index is 4.15. The van der Waals surface area contributed by atoms with Crippen molar-refractivity contribution in [1.82, 2.24) is 35.0 Å². The monoisotopic (exact) mass is 315 g/mol. The molecule has 0 aliphatic carbocycles. The normalized spacial score (nSPS) is 11.0. The molecule has 0 saturated carbocycles. The molecule has 0 amide bonds. The van der Waals surface area contributed by atoms with Gasteiger partial charge in [0.05, 0.1) is 11.4 Å². The van der Waals surface area contributed by atoms with E-state index in [2.05, 4.69) is 58.6 Å². The Labute approximate surface area is 132 Å². The van der Waals surface area contributed by atoms with Gasteiger partial charge >= 0.3 is 0 Å². The van der Waals surface area contributed by atoms with Crippen molar-refractivity contribution in [2.75, 3.05) is 0 Å². The maximum atomic E-state index is 4.15. The number of tetrazole rings is 1. The van der Waals surface area contributed by atoms with Crippen LogP contribution in [-0.4, -0.2) is 35.0 Å². The fraction of sp³-hybridized carbons (Fsp3) is 0.357. The average molecular weight is 315 g/mol. The summed E-state index contributed by atoms with van der Waals surface area (Å²) in [6.07, 6.45) is 1.73. The molecule has 0 unspecified atom stereocenters. The minimum absolute atomic E-state index is 0.638. The summed E-state index contributed by atoms with van der Waals surface area (Å²) in [5.74, 6) is 1.44.